The molecule has 6 nitrogen and oxygen atoms in total. The number of nitrogens with zero attached hydrogens (tertiary/aromatic N) is 2. The smallest absolute Gasteiger partial charge is 0.258 e. The molecule has 3 aromatic rings. The summed E-state index contributed by atoms with van der Waals surface area (Å²) < 4.78 is 10.8. The number of amides is 2. The van der Waals surface area contributed by atoms with Gasteiger partial charge in [0.25, 0.3) is 5.91 Å². The molecule has 0 aliphatic carbocycles. The van der Waals surface area contributed by atoms with Crippen LogP contribution in [0.1, 0.15) is 53.2 Å². The van der Waals surface area contributed by atoms with Crippen LogP contribution in [0.4, 0.5) is 0 Å². The molecular weight excluding hydrogens is 460 g/mol. The van der Waals surface area contributed by atoms with Crippen LogP contribution in [0.15, 0.2) is 60.0 Å². The van der Waals surface area contributed by atoms with Crippen molar-refractivity contribution >= 4 is 23.2 Å². The Kier molecular flexibility index (Phi) is 7.17. The Hall–Kier alpha value is -3.32. The minimum absolute atomic E-state index is 0.0275. The standard InChI is InChI=1S/C28H32N2O4S/c1-28(2,3)30(27(32)21-12-11-20(33-4)17-23(21)34-5)18-25(31)29-15-13-24-22(14-16-35-24)26(29)19-9-7-6-8-10-19/h6-12,14,16-17,26H,13,15,18H2,1-5H3. The van der Waals surface area contributed by atoms with Crippen LogP contribution in [0.2, 0.25) is 0 Å². The predicted octanol–water partition coefficient (Wildman–Crippen LogP) is 5.18. The van der Waals surface area contributed by atoms with Gasteiger partial charge < -0.3 is 19.3 Å². The van der Waals surface area contributed by atoms with Crippen molar-refractivity contribution in [3.05, 3.63) is 81.5 Å². The number of carbonyl (C=O) groups excluding carboxylic acids is 2. The quantitative estimate of drug-likeness (QED) is 0.476. The first-order valence-corrected chi connectivity index (χ1v) is 12.6. The number of methoxy groups -OCH3 is 2. The van der Waals surface area contributed by atoms with E-state index >= 15 is 0 Å². The van der Waals surface area contributed by atoms with Crippen LogP contribution in [0.5, 0.6) is 11.5 Å². The molecule has 35 heavy (non-hydrogen) atoms. The minimum Gasteiger partial charge on any atom is -0.497 e. The fraction of sp³-hybridized carbons (Fsp3) is 0.357. The third-order valence-electron chi connectivity index (χ3n) is 6.39. The lowest BCUT2D eigenvalue weighted by molar-refractivity contribution is -0.135. The van der Waals surface area contributed by atoms with E-state index in [0.717, 1.165) is 12.0 Å². The summed E-state index contributed by atoms with van der Waals surface area (Å²) in [5, 5.41) is 2.09. The van der Waals surface area contributed by atoms with Crippen LogP contribution in [-0.4, -0.2) is 54.5 Å². The second-order valence-corrected chi connectivity index (χ2v) is 10.6. The molecule has 0 N–H and O–H groups in total. The number of ether oxygens (including phenoxy) is 2. The van der Waals surface area contributed by atoms with Crippen LogP contribution >= 0.6 is 11.3 Å². The predicted molar refractivity (Wildman–Crippen MR) is 138 cm³/mol. The summed E-state index contributed by atoms with van der Waals surface area (Å²) in [5.74, 6) is 0.683. The topological polar surface area (TPSA) is 59.1 Å². The van der Waals surface area contributed by atoms with E-state index in [1.807, 2.05) is 43.9 Å². The highest BCUT2D eigenvalue weighted by Crippen LogP contribution is 2.38. The third-order valence-corrected chi connectivity index (χ3v) is 7.39. The molecule has 2 heterocycles. The average Bonchev–Trinajstić information content (AvgIpc) is 3.34. The molecule has 0 bridgehead atoms. The molecule has 1 atom stereocenters. The van der Waals surface area contributed by atoms with Gasteiger partial charge in [0.1, 0.15) is 18.0 Å². The van der Waals surface area contributed by atoms with Gasteiger partial charge in [-0.15, -0.1) is 11.3 Å². The van der Waals surface area contributed by atoms with Crippen molar-refractivity contribution in [2.75, 3.05) is 27.3 Å². The first-order valence-electron chi connectivity index (χ1n) is 11.7. The highest BCUT2D eigenvalue weighted by molar-refractivity contribution is 7.10. The Bertz CT molecular complexity index is 1200. The van der Waals surface area contributed by atoms with Crippen molar-refractivity contribution < 1.29 is 19.1 Å². The second-order valence-electron chi connectivity index (χ2n) is 9.58. The molecule has 4 rings (SSSR count). The van der Waals surface area contributed by atoms with Gasteiger partial charge in [-0.25, -0.2) is 0 Å². The summed E-state index contributed by atoms with van der Waals surface area (Å²) in [6.45, 7) is 6.41. The van der Waals surface area contributed by atoms with Gasteiger partial charge in [-0.3, -0.25) is 9.59 Å². The van der Waals surface area contributed by atoms with Gasteiger partial charge in [0, 0.05) is 23.0 Å². The van der Waals surface area contributed by atoms with E-state index in [9.17, 15) is 9.59 Å². The van der Waals surface area contributed by atoms with Crippen LogP contribution in [0.25, 0.3) is 0 Å². The highest BCUT2D eigenvalue weighted by atomic mass is 32.1. The number of hydrogen-bond donors (Lipinski definition) is 0. The van der Waals surface area contributed by atoms with Crippen molar-refractivity contribution in [2.45, 2.75) is 38.8 Å². The lowest BCUT2D eigenvalue weighted by Crippen LogP contribution is -2.52. The van der Waals surface area contributed by atoms with Gasteiger partial charge >= 0.3 is 0 Å². The molecule has 0 fully saturated rings. The minimum atomic E-state index is -0.580. The van der Waals surface area contributed by atoms with Gasteiger partial charge in [0.2, 0.25) is 5.91 Å². The van der Waals surface area contributed by atoms with Crippen molar-refractivity contribution in [3.63, 3.8) is 0 Å². The van der Waals surface area contributed by atoms with Crippen molar-refractivity contribution in [2.24, 2.45) is 0 Å². The average molecular weight is 493 g/mol. The summed E-state index contributed by atoms with van der Waals surface area (Å²) >= 11 is 1.74. The van der Waals surface area contributed by atoms with Gasteiger partial charge in [0.05, 0.1) is 25.8 Å². The van der Waals surface area contributed by atoms with Crippen molar-refractivity contribution in [1.29, 1.82) is 0 Å². The SMILES string of the molecule is COc1ccc(C(=O)N(CC(=O)N2CCc3sccc3C2c2ccccc2)C(C)(C)C)c(OC)c1. The first-order chi connectivity index (χ1) is 16.7. The van der Waals surface area contributed by atoms with Crippen molar-refractivity contribution in [3.8, 4) is 11.5 Å². The third kappa shape index (κ3) is 5.05. The van der Waals surface area contributed by atoms with Gasteiger partial charge in [-0.2, -0.15) is 0 Å². The van der Waals surface area contributed by atoms with Crippen LogP contribution in [0.3, 0.4) is 0 Å². The number of carbonyl (C=O) groups is 2. The van der Waals surface area contributed by atoms with Gasteiger partial charge in [-0.1, -0.05) is 30.3 Å². The first kappa shape index (κ1) is 24.8. The molecule has 0 spiro atoms. The maximum atomic E-state index is 13.8. The zero-order valence-electron chi connectivity index (χ0n) is 20.9. The fourth-order valence-corrected chi connectivity index (χ4v) is 5.44. The Balaban J connectivity index is 1.66. The molecule has 2 amide bonds. The van der Waals surface area contributed by atoms with E-state index in [1.54, 1.807) is 41.5 Å². The lowest BCUT2D eigenvalue weighted by atomic mass is 9.93. The van der Waals surface area contributed by atoms with E-state index in [0.29, 0.717) is 23.6 Å². The summed E-state index contributed by atoms with van der Waals surface area (Å²) in [4.78, 5) is 32.4. The number of hydrogen-bond acceptors (Lipinski definition) is 5. The van der Waals surface area contributed by atoms with E-state index in [1.165, 1.54) is 17.6 Å². The molecule has 2 aromatic carbocycles. The van der Waals surface area contributed by atoms with Crippen molar-refractivity contribution in [1.82, 2.24) is 9.80 Å². The maximum Gasteiger partial charge on any atom is 0.258 e. The lowest BCUT2D eigenvalue weighted by Gasteiger charge is -2.40. The Morgan fingerprint density at radius 3 is 2.46 bits per heavy atom. The molecule has 1 aliphatic heterocycles. The molecule has 7 heteroatoms. The summed E-state index contributed by atoms with van der Waals surface area (Å²) in [5.41, 5.74) is 2.06. The fourth-order valence-electron chi connectivity index (χ4n) is 4.54. The molecule has 1 unspecified atom stereocenters. The number of thiophene rings is 1. The highest BCUT2D eigenvalue weighted by Gasteiger charge is 2.37. The Labute approximate surface area is 211 Å². The number of benzene rings is 2. The van der Waals surface area contributed by atoms with E-state index in [-0.39, 0.29) is 24.4 Å². The van der Waals surface area contributed by atoms with Crippen LogP contribution in [0, 0.1) is 0 Å². The molecule has 1 aliphatic rings. The summed E-state index contributed by atoms with van der Waals surface area (Å²) in [6, 6.07) is 17.2. The normalized spacial score (nSPS) is 15.3. The molecule has 0 saturated heterocycles. The molecular formula is C28H32N2O4S. The molecule has 184 valence electrons. The van der Waals surface area contributed by atoms with E-state index in [2.05, 4.69) is 23.6 Å². The largest absolute Gasteiger partial charge is 0.497 e. The number of rotatable bonds is 6. The Morgan fingerprint density at radius 1 is 1.06 bits per heavy atom. The van der Waals surface area contributed by atoms with E-state index < -0.39 is 5.54 Å². The van der Waals surface area contributed by atoms with Gasteiger partial charge in [-0.05, 0) is 61.9 Å². The maximum absolute atomic E-state index is 13.8. The van der Waals surface area contributed by atoms with Crippen LogP contribution in [-0.2, 0) is 11.2 Å². The zero-order valence-corrected chi connectivity index (χ0v) is 21.7. The number of fused-ring (bicyclic) bond motifs is 1. The summed E-state index contributed by atoms with van der Waals surface area (Å²) in [6.07, 6.45) is 0.817. The monoisotopic (exact) mass is 492 g/mol. The summed E-state index contributed by atoms with van der Waals surface area (Å²) in [7, 11) is 3.09. The molecule has 1 aromatic heterocycles. The zero-order chi connectivity index (χ0) is 25.2. The molecule has 0 saturated carbocycles. The molecule has 0 radical (unpaired) electrons. The van der Waals surface area contributed by atoms with Crippen LogP contribution < -0.4 is 9.47 Å². The van der Waals surface area contributed by atoms with Gasteiger partial charge in [0.15, 0.2) is 0 Å². The Morgan fingerprint density at radius 2 is 1.80 bits per heavy atom. The second kappa shape index (κ2) is 10.1. The van der Waals surface area contributed by atoms with E-state index in [4.69, 9.17) is 9.47 Å².